The molecule has 90 valence electrons. The normalized spacial score (nSPS) is 10.7. The Kier molecular flexibility index (Phi) is 3.33. The number of nitrogens with zero attached hydrogens (tertiary/aromatic N) is 1. The number of nitrogens with two attached hydrogens (primary N) is 1. The van der Waals surface area contributed by atoms with Crippen molar-refractivity contribution in [2.24, 2.45) is 5.73 Å². The van der Waals surface area contributed by atoms with Gasteiger partial charge in [0.05, 0.1) is 5.39 Å². The summed E-state index contributed by atoms with van der Waals surface area (Å²) in [6, 6.07) is 3.76. The molecule has 1 amide bonds. The first-order chi connectivity index (χ1) is 8.09. The van der Waals surface area contributed by atoms with E-state index in [4.69, 9.17) is 10.3 Å². The predicted molar refractivity (Wildman–Crippen MR) is 68.7 cm³/mol. The number of hydrogen-bond donors (Lipinski definition) is 2. The van der Waals surface area contributed by atoms with Gasteiger partial charge in [0.1, 0.15) is 0 Å². The minimum absolute atomic E-state index is 0.265. The molecule has 3 N–H and O–H groups in total. The Hall–Kier alpha value is -1.56. The summed E-state index contributed by atoms with van der Waals surface area (Å²) in [5.41, 5.74) is 6.83. The van der Waals surface area contributed by atoms with E-state index in [0.717, 1.165) is 15.4 Å². The molecule has 0 atom stereocenters. The number of carbonyl (C=O) groups excluding carboxylic acids is 1. The van der Waals surface area contributed by atoms with Gasteiger partial charge in [0.15, 0.2) is 11.4 Å². The van der Waals surface area contributed by atoms with Crippen LogP contribution in [-0.4, -0.2) is 17.6 Å². The number of aryl methyl sites for hydroxylation is 1. The van der Waals surface area contributed by atoms with Gasteiger partial charge in [0.25, 0.3) is 0 Å². The SMILES string of the molecule is Cc1c(Br)ccc2onc(NCCC(N)=O)c12. The number of carbonyl (C=O) groups is 1. The second kappa shape index (κ2) is 4.75. The lowest BCUT2D eigenvalue weighted by Gasteiger charge is -2.03. The van der Waals surface area contributed by atoms with Gasteiger partial charge >= 0.3 is 0 Å². The van der Waals surface area contributed by atoms with Gasteiger partial charge in [-0.2, -0.15) is 0 Å². The molecule has 0 radical (unpaired) electrons. The van der Waals surface area contributed by atoms with Gasteiger partial charge in [-0.15, -0.1) is 0 Å². The number of nitrogens with one attached hydrogen (secondary N) is 1. The third kappa shape index (κ3) is 2.41. The number of benzene rings is 1. The van der Waals surface area contributed by atoms with Crippen molar-refractivity contribution >= 4 is 38.6 Å². The van der Waals surface area contributed by atoms with Crippen LogP contribution in [-0.2, 0) is 4.79 Å². The zero-order valence-electron chi connectivity index (χ0n) is 9.29. The van der Waals surface area contributed by atoms with Crippen molar-refractivity contribution in [3.8, 4) is 0 Å². The number of halogens is 1. The molecule has 0 saturated heterocycles. The molecule has 0 aliphatic rings. The Labute approximate surface area is 106 Å². The van der Waals surface area contributed by atoms with Gasteiger partial charge in [0.2, 0.25) is 5.91 Å². The number of hydrogen-bond acceptors (Lipinski definition) is 4. The van der Waals surface area contributed by atoms with Crippen molar-refractivity contribution in [2.75, 3.05) is 11.9 Å². The molecule has 0 fully saturated rings. The predicted octanol–water partition coefficient (Wildman–Crippen LogP) is 2.19. The van der Waals surface area contributed by atoms with Crippen LogP contribution in [0.2, 0.25) is 0 Å². The molecule has 5 nitrogen and oxygen atoms in total. The van der Waals surface area contributed by atoms with Gasteiger partial charge in [-0.3, -0.25) is 4.79 Å². The number of primary amides is 1. The Morgan fingerprint density at radius 3 is 3.06 bits per heavy atom. The van der Waals surface area contributed by atoms with E-state index in [9.17, 15) is 4.79 Å². The lowest BCUT2D eigenvalue weighted by molar-refractivity contribution is -0.117. The van der Waals surface area contributed by atoms with Crippen LogP contribution >= 0.6 is 15.9 Å². The van der Waals surface area contributed by atoms with Crippen LogP contribution in [0, 0.1) is 6.92 Å². The third-order valence-corrected chi connectivity index (χ3v) is 3.36. The minimum Gasteiger partial charge on any atom is -0.370 e. The Morgan fingerprint density at radius 2 is 2.35 bits per heavy atom. The van der Waals surface area contributed by atoms with Gasteiger partial charge in [-0.1, -0.05) is 21.1 Å². The summed E-state index contributed by atoms with van der Waals surface area (Å²) >= 11 is 3.46. The van der Waals surface area contributed by atoms with E-state index in [1.54, 1.807) is 0 Å². The summed E-state index contributed by atoms with van der Waals surface area (Å²) in [6.07, 6.45) is 0.265. The van der Waals surface area contributed by atoms with Crippen molar-refractivity contribution in [2.45, 2.75) is 13.3 Å². The molecule has 0 spiro atoms. The molecule has 0 aliphatic carbocycles. The van der Waals surface area contributed by atoms with Crippen molar-refractivity contribution in [1.82, 2.24) is 5.16 Å². The summed E-state index contributed by atoms with van der Waals surface area (Å²) in [6.45, 7) is 2.42. The van der Waals surface area contributed by atoms with E-state index in [-0.39, 0.29) is 12.3 Å². The quantitative estimate of drug-likeness (QED) is 0.906. The fraction of sp³-hybridized carbons (Fsp3) is 0.273. The number of fused-ring (bicyclic) bond motifs is 1. The highest BCUT2D eigenvalue weighted by Gasteiger charge is 2.12. The molecule has 0 unspecified atom stereocenters. The first kappa shape index (κ1) is 11.9. The smallest absolute Gasteiger partial charge is 0.219 e. The topological polar surface area (TPSA) is 81.2 Å². The van der Waals surface area contributed by atoms with E-state index in [2.05, 4.69) is 26.4 Å². The number of aromatic nitrogens is 1. The summed E-state index contributed by atoms with van der Waals surface area (Å²) < 4.78 is 6.18. The molecule has 0 bridgehead atoms. The molecule has 2 rings (SSSR count). The monoisotopic (exact) mass is 297 g/mol. The fourth-order valence-corrected chi connectivity index (χ4v) is 1.93. The average molecular weight is 298 g/mol. The molecule has 6 heteroatoms. The lowest BCUT2D eigenvalue weighted by atomic mass is 10.1. The molecular formula is C11H12BrN3O2. The zero-order chi connectivity index (χ0) is 12.4. The average Bonchev–Trinajstić information content (AvgIpc) is 2.67. The second-order valence-electron chi connectivity index (χ2n) is 3.72. The van der Waals surface area contributed by atoms with E-state index < -0.39 is 0 Å². The highest BCUT2D eigenvalue weighted by molar-refractivity contribution is 9.10. The van der Waals surface area contributed by atoms with E-state index in [0.29, 0.717) is 17.9 Å². The van der Waals surface area contributed by atoms with Gasteiger partial charge in [-0.25, -0.2) is 0 Å². The maximum atomic E-state index is 10.6. The van der Waals surface area contributed by atoms with E-state index >= 15 is 0 Å². The van der Waals surface area contributed by atoms with Crippen LogP contribution in [0.3, 0.4) is 0 Å². The van der Waals surface area contributed by atoms with Crippen LogP contribution in [0.4, 0.5) is 5.82 Å². The van der Waals surface area contributed by atoms with E-state index in [1.165, 1.54) is 0 Å². The van der Waals surface area contributed by atoms with Gasteiger partial charge in [0, 0.05) is 17.4 Å². The molecule has 1 aromatic carbocycles. The Balaban J connectivity index is 2.28. The first-order valence-corrected chi connectivity index (χ1v) is 5.95. The first-order valence-electron chi connectivity index (χ1n) is 5.16. The van der Waals surface area contributed by atoms with Crippen LogP contribution in [0.15, 0.2) is 21.1 Å². The number of amides is 1. The second-order valence-corrected chi connectivity index (χ2v) is 4.57. The maximum absolute atomic E-state index is 10.6. The fourth-order valence-electron chi connectivity index (χ4n) is 1.60. The third-order valence-electron chi connectivity index (χ3n) is 2.50. The van der Waals surface area contributed by atoms with Crippen molar-refractivity contribution in [3.05, 3.63) is 22.2 Å². The highest BCUT2D eigenvalue weighted by atomic mass is 79.9. The Morgan fingerprint density at radius 1 is 1.59 bits per heavy atom. The molecule has 0 aliphatic heterocycles. The van der Waals surface area contributed by atoms with Crippen molar-refractivity contribution < 1.29 is 9.32 Å². The number of anilines is 1. The molecule has 0 saturated carbocycles. The summed E-state index contributed by atoms with van der Waals surface area (Å²) in [4.78, 5) is 10.6. The molecule has 2 aromatic rings. The van der Waals surface area contributed by atoms with Gasteiger partial charge in [-0.05, 0) is 24.6 Å². The summed E-state index contributed by atoms with van der Waals surface area (Å²) in [5, 5.41) is 7.90. The summed E-state index contributed by atoms with van der Waals surface area (Å²) in [7, 11) is 0. The van der Waals surface area contributed by atoms with Crippen molar-refractivity contribution in [3.63, 3.8) is 0 Å². The van der Waals surface area contributed by atoms with Crippen molar-refractivity contribution in [1.29, 1.82) is 0 Å². The van der Waals surface area contributed by atoms with Crippen LogP contribution in [0.25, 0.3) is 11.0 Å². The van der Waals surface area contributed by atoms with Crippen LogP contribution < -0.4 is 11.1 Å². The molecule has 1 heterocycles. The lowest BCUT2D eigenvalue weighted by Crippen LogP contribution is -2.16. The maximum Gasteiger partial charge on any atom is 0.219 e. The van der Waals surface area contributed by atoms with Crippen LogP contribution in [0.1, 0.15) is 12.0 Å². The van der Waals surface area contributed by atoms with E-state index in [1.807, 2.05) is 19.1 Å². The van der Waals surface area contributed by atoms with Crippen LogP contribution in [0.5, 0.6) is 0 Å². The molecule has 17 heavy (non-hydrogen) atoms. The minimum atomic E-state index is -0.344. The summed E-state index contributed by atoms with van der Waals surface area (Å²) in [5.74, 6) is 0.295. The number of rotatable bonds is 4. The van der Waals surface area contributed by atoms with Gasteiger partial charge < -0.3 is 15.6 Å². The largest absolute Gasteiger partial charge is 0.370 e. The zero-order valence-corrected chi connectivity index (χ0v) is 10.9. The molecule has 1 aromatic heterocycles. The standard InChI is InChI=1S/C11H12BrN3O2/c1-6-7(12)2-3-8-10(6)11(15-17-8)14-5-4-9(13)16/h2-3H,4-5H2,1H3,(H2,13,16)(H,14,15). The Bertz CT molecular complexity index is 565. The molecular weight excluding hydrogens is 286 g/mol. The highest BCUT2D eigenvalue weighted by Crippen LogP contribution is 2.30.